The minimum absolute atomic E-state index is 0.318. The van der Waals surface area contributed by atoms with Crippen molar-refractivity contribution in [2.75, 3.05) is 0 Å². The van der Waals surface area contributed by atoms with Crippen LogP contribution < -0.4 is 0 Å². The molecule has 0 saturated heterocycles. The van der Waals surface area contributed by atoms with Crippen molar-refractivity contribution in [3.63, 3.8) is 0 Å². The number of carbonyl (C=O) groups is 1. The zero-order chi connectivity index (χ0) is 14.8. The summed E-state index contributed by atoms with van der Waals surface area (Å²) in [6, 6.07) is 0. The van der Waals surface area contributed by atoms with Gasteiger partial charge in [0, 0.05) is 13.5 Å². The molecule has 1 rings (SSSR count). The van der Waals surface area contributed by atoms with Gasteiger partial charge in [-0.15, -0.1) is 5.10 Å². The third-order valence-electron chi connectivity index (χ3n) is 3.69. The maximum atomic E-state index is 10.3. The largest absolute Gasteiger partial charge is 0.481 e. The van der Waals surface area contributed by atoms with Crippen LogP contribution in [0.4, 0.5) is 0 Å². The van der Waals surface area contributed by atoms with Gasteiger partial charge in [-0.2, -0.15) is 0 Å². The van der Waals surface area contributed by atoms with Gasteiger partial charge < -0.3 is 5.11 Å². The number of carboxylic acids is 1. The number of carboxylic acid groups (broad SMARTS) is 1. The molecule has 0 saturated carbocycles. The lowest BCUT2D eigenvalue weighted by Crippen LogP contribution is -1.99. The van der Waals surface area contributed by atoms with Gasteiger partial charge in [0.2, 0.25) is 0 Å². The number of rotatable bonds is 11. The number of hydrogen-bond acceptors (Lipinski definition) is 3. The number of aromatic nitrogens is 3. The monoisotopic (exact) mass is 281 g/mol. The molecule has 1 aromatic rings. The normalized spacial score (nSPS) is 10.9. The second kappa shape index (κ2) is 9.50. The summed E-state index contributed by atoms with van der Waals surface area (Å²) < 4.78 is 1.87. The summed E-state index contributed by atoms with van der Waals surface area (Å²) in [7, 11) is 1.95. The van der Waals surface area contributed by atoms with Crippen LogP contribution in [0.1, 0.15) is 69.2 Å². The highest BCUT2D eigenvalue weighted by Gasteiger charge is 2.05. The lowest BCUT2D eigenvalue weighted by Gasteiger charge is -2.03. The Bertz CT molecular complexity index is 382. The zero-order valence-electron chi connectivity index (χ0n) is 12.8. The molecule has 5 nitrogen and oxygen atoms in total. The Hall–Kier alpha value is -1.39. The quantitative estimate of drug-likeness (QED) is 0.632. The van der Waals surface area contributed by atoms with Gasteiger partial charge in [-0.05, 0) is 26.2 Å². The second-order valence-electron chi connectivity index (χ2n) is 5.47. The van der Waals surface area contributed by atoms with Gasteiger partial charge in [-0.1, -0.05) is 43.7 Å². The SMILES string of the molecule is Cc1nnn(C)c1CCCCCCCCCCC(=O)O. The van der Waals surface area contributed by atoms with Crippen molar-refractivity contribution in [3.05, 3.63) is 11.4 Å². The molecule has 1 N–H and O–H groups in total. The molecule has 0 fully saturated rings. The number of aliphatic carboxylic acids is 1. The molecular weight excluding hydrogens is 254 g/mol. The molecule has 0 aliphatic heterocycles. The molecule has 0 aliphatic rings. The maximum absolute atomic E-state index is 10.3. The fourth-order valence-corrected chi connectivity index (χ4v) is 2.45. The van der Waals surface area contributed by atoms with E-state index in [9.17, 15) is 4.79 Å². The van der Waals surface area contributed by atoms with Crippen molar-refractivity contribution in [1.29, 1.82) is 0 Å². The number of hydrogen-bond donors (Lipinski definition) is 1. The third-order valence-corrected chi connectivity index (χ3v) is 3.69. The number of aryl methyl sites for hydroxylation is 2. The van der Waals surface area contributed by atoms with Crippen molar-refractivity contribution < 1.29 is 9.90 Å². The fourth-order valence-electron chi connectivity index (χ4n) is 2.45. The molecular formula is C15H27N3O2. The van der Waals surface area contributed by atoms with E-state index in [2.05, 4.69) is 10.3 Å². The first-order chi connectivity index (χ1) is 9.61. The Balaban J connectivity index is 1.92. The van der Waals surface area contributed by atoms with E-state index in [1.807, 2.05) is 18.7 Å². The average Bonchev–Trinajstić information content (AvgIpc) is 2.71. The van der Waals surface area contributed by atoms with Crippen LogP contribution in [-0.4, -0.2) is 26.1 Å². The van der Waals surface area contributed by atoms with E-state index in [-0.39, 0.29) is 0 Å². The first kappa shape index (κ1) is 16.7. The van der Waals surface area contributed by atoms with Gasteiger partial charge in [-0.25, -0.2) is 0 Å². The predicted molar refractivity (Wildman–Crippen MR) is 78.6 cm³/mol. The highest BCUT2D eigenvalue weighted by molar-refractivity contribution is 5.66. The molecule has 0 aromatic carbocycles. The predicted octanol–water partition coefficient (Wildman–Crippen LogP) is 3.26. The molecule has 0 amide bonds. The summed E-state index contributed by atoms with van der Waals surface area (Å²) in [6.45, 7) is 2.01. The van der Waals surface area contributed by atoms with Gasteiger partial charge >= 0.3 is 5.97 Å². The Labute approximate surface area is 121 Å². The fraction of sp³-hybridized carbons (Fsp3) is 0.800. The van der Waals surface area contributed by atoms with Crippen molar-refractivity contribution in [3.8, 4) is 0 Å². The van der Waals surface area contributed by atoms with E-state index in [0.29, 0.717) is 6.42 Å². The van der Waals surface area contributed by atoms with Gasteiger partial charge in [0.15, 0.2) is 0 Å². The standard InChI is InChI=1S/C15H27N3O2/c1-13-14(18(2)17-16-13)11-9-7-5-3-4-6-8-10-12-15(19)20/h3-12H2,1-2H3,(H,19,20). The Morgan fingerprint density at radius 3 is 2.10 bits per heavy atom. The molecule has 0 bridgehead atoms. The molecule has 5 heteroatoms. The minimum atomic E-state index is -0.676. The summed E-state index contributed by atoms with van der Waals surface area (Å²) in [4.78, 5) is 10.3. The van der Waals surface area contributed by atoms with Gasteiger partial charge in [0.05, 0.1) is 11.4 Å². The lowest BCUT2D eigenvalue weighted by molar-refractivity contribution is -0.137. The third kappa shape index (κ3) is 6.68. The van der Waals surface area contributed by atoms with Gasteiger partial charge in [0.1, 0.15) is 0 Å². The highest BCUT2D eigenvalue weighted by Crippen LogP contribution is 2.12. The van der Waals surface area contributed by atoms with Crippen molar-refractivity contribution >= 4 is 5.97 Å². The molecule has 0 aliphatic carbocycles. The van der Waals surface area contributed by atoms with Crippen LogP contribution in [0.2, 0.25) is 0 Å². The van der Waals surface area contributed by atoms with E-state index in [1.54, 1.807) is 0 Å². The van der Waals surface area contributed by atoms with Crippen molar-refractivity contribution in [2.24, 2.45) is 7.05 Å². The second-order valence-corrected chi connectivity index (χ2v) is 5.47. The maximum Gasteiger partial charge on any atom is 0.303 e. The van der Waals surface area contributed by atoms with Crippen LogP contribution in [0.5, 0.6) is 0 Å². The summed E-state index contributed by atoms with van der Waals surface area (Å²) in [5.74, 6) is -0.676. The van der Waals surface area contributed by atoms with E-state index in [4.69, 9.17) is 5.11 Å². The Morgan fingerprint density at radius 2 is 1.60 bits per heavy atom. The topological polar surface area (TPSA) is 68.0 Å². The van der Waals surface area contributed by atoms with E-state index in [0.717, 1.165) is 31.4 Å². The Kier molecular flexibility index (Phi) is 7.92. The Morgan fingerprint density at radius 1 is 1.05 bits per heavy atom. The lowest BCUT2D eigenvalue weighted by atomic mass is 10.1. The van der Waals surface area contributed by atoms with Crippen LogP contribution in [-0.2, 0) is 18.3 Å². The van der Waals surface area contributed by atoms with Crippen molar-refractivity contribution in [1.82, 2.24) is 15.0 Å². The molecule has 1 aromatic heterocycles. The molecule has 0 unspecified atom stereocenters. The molecule has 0 radical (unpaired) electrons. The minimum Gasteiger partial charge on any atom is -0.481 e. The molecule has 0 atom stereocenters. The van der Waals surface area contributed by atoms with Crippen LogP contribution in [0.3, 0.4) is 0 Å². The summed E-state index contributed by atoms with van der Waals surface area (Å²) in [6.07, 6.45) is 10.6. The molecule has 1 heterocycles. The molecule has 20 heavy (non-hydrogen) atoms. The van der Waals surface area contributed by atoms with E-state index >= 15 is 0 Å². The van der Waals surface area contributed by atoms with E-state index < -0.39 is 5.97 Å². The van der Waals surface area contributed by atoms with Crippen LogP contribution >= 0.6 is 0 Å². The van der Waals surface area contributed by atoms with Gasteiger partial charge in [-0.3, -0.25) is 9.48 Å². The summed E-state index contributed by atoms with van der Waals surface area (Å²) >= 11 is 0. The van der Waals surface area contributed by atoms with Crippen LogP contribution in [0.25, 0.3) is 0 Å². The number of nitrogens with zero attached hydrogens (tertiary/aromatic N) is 3. The number of unbranched alkanes of at least 4 members (excludes halogenated alkanes) is 7. The molecule has 0 spiro atoms. The highest BCUT2D eigenvalue weighted by atomic mass is 16.4. The van der Waals surface area contributed by atoms with Crippen LogP contribution in [0, 0.1) is 6.92 Å². The van der Waals surface area contributed by atoms with Crippen LogP contribution in [0.15, 0.2) is 0 Å². The first-order valence-electron chi connectivity index (χ1n) is 7.68. The average molecular weight is 281 g/mol. The molecule has 114 valence electrons. The van der Waals surface area contributed by atoms with E-state index in [1.165, 1.54) is 37.8 Å². The summed E-state index contributed by atoms with van der Waals surface area (Å²) in [5.41, 5.74) is 2.30. The zero-order valence-corrected chi connectivity index (χ0v) is 12.8. The summed E-state index contributed by atoms with van der Waals surface area (Å²) in [5, 5.41) is 16.6. The smallest absolute Gasteiger partial charge is 0.303 e. The van der Waals surface area contributed by atoms with Gasteiger partial charge in [0.25, 0.3) is 0 Å². The first-order valence-corrected chi connectivity index (χ1v) is 7.68. The van der Waals surface area contributed by atoms with Crippen molar-refractivity contribution in [2.45, 2.75) is 71.1 Å².